The molecule has 3 N–H and O–H groups in total. The summed E-state index contributed by atoms with van der Waals surface area (Å²) in [7, 11) is 0. The third-order valence-corrected chi connectivity index (χ3v) is 4.18. The van der Waals surface area contributed by atoms with Crippen molar-refractivity contribution in [2.45, 2.75) is 51.2 Å². The molecule has 6 heteroatoms. The van der Waals surface area contributed by atoms with Crippen molar-refractivity contribution in [3.63, 3.8) is 0 Å². The number of rotatable bonds is 5. The molecule has 0 aromatic heterocycles. The molecule has 0 aromatic carbocycles. The van der Waals surface area contributed by atoms with Gasteiger partial charge in [0.25, 0.3) is 0 Å². The Morgan fingerprint density at radius 3 is 2.75 bits per heavy atom. The van der Waals surface area contributed by atoms with Crippen LogP contribution in [0.15, 0.2) is 0 Å². The van der Waals surface area contributed by atoms with Crippen LogP contribution in [-0.4, -0.2) is 54.6 Å². The third kappa shape index (κ3) is 3.49. The van der Waals surface area contributed by atoms with Crippen LogP contribution in [0.1, 0.15) is 33.1 Å². The Hall–Kier alpha value is -1.14. The van der Waals surface area contributed by atoms with Gasteiger partial charge in [0.15, 0.2) is 0 Å². The van der Waals surface area contributed by atoms with Gasteiger partial charge in [-0.1, -0.05) is 20.3 Å². The minimum absolute atomic E-state index is 0.109. The minimum atomic E-state index is -0.547. The van der Waals surface area contributed by atoms with Crippen LogP contribution in [0.2, 0.25) is 0 Å². The van der Waals surface area contributed by atoms with Crippen LogP contribution in [0.4, 0.5) is 0 Å². The zero-order valence-electron chi connectivity index (χ0n) is 12.3. The summed E-state index contributed by atoms with van der Waals surface area (Å²) < 4.78 is 5.36. The summed E-state index contributed by atoms with van der Waals surface area (Å²) in [6, 6.07) is -0.800. The highest BCUT2D eigenvalue weighted by atomic mass is 16.5. The van der Waals surface area contributed by atoms with Gasteiger partial charge >= 0.3 is 0 Å². The first-order valence-electron chi connectivity index (χ1n) is 7.48. The average molecular weight is 283 g/mol. The first-order chi connectivity index (χ1) is 9.54. The van der Waals surface area contributed by atoms with E-state index in [1.165, 1.54) is 0 Å². The number of morpholine rings is 1. The lowest BCUT2D eigenvalue weighted by atomic mass is 9.98. The van der Waals surface area contributed by atoms with Crippen LogP contribution in [-0.2, 0) is 14.3 Å². The van der Waals surface area contributed by atoms with Crippen molar-refractivity contribution in [2.75, 3.05) is 19.8 Å². The molecule has 0 radical (unpaired) electrons. The number of ether oxygens (including phenoxy) is 1. The van der Waals surface area contributed by atoms with Gasteiger partial charge in [-0.05, 0) is 18.8 Å². The van der Waals surface area contributed by atoms with Crippen molar-refractivity contribution >= 4 is 11.8 Å². The average Bonchev–Trinajstić information content (AvgIpc) is 3.28. The summed E-state index contributed by atoms with van der Waals surface area (Å²) in [6.45, 7) is 5.13. The lowest BCUT2D eigenvalue weighted by Crippen LogP contribution is -2.60. The highest BCUT2D eigenvalue weighted by Crippen LogP contribution is 2.20. The fraction of sp³-hybridized carbons (Fsp3) is 0.857. The van der Waals surface area contributed by atoms with E-state index in [0.29, 0.717) is 13.2 Å². The number of nitrogens with zero attached hydrogens (tertiary/aromatic N) is 1. The summed E-state index contributed by atoms with van der Waals surface area (Å²) in [5.41, 5.74) is 6.01. The lowest BCUT2D eigenvalue weighted by molar-refractivity contribution is -0.150. The van der Waals surface area contributed by atoms with Crippen LogP contribution < -0.4 is 11.1 Å². The van der Waals surface area contributed by atoms with E-state index >= 15 is 0 Å². The number of carbonyl (C=O) groups is 2. The van der Waals surface area contributed by atoms with Crippen LogP contribution in [0.25, 0.3) is 0 Å². The maximum absolute atomic E-state index is 12.5. The molecule has 2 aliphatic rings. The van der Waals surface area contributed by atoms with Gasteiger partial charge in [0, 0.05) is 12.6 Å². The molecular weight excluding hydrogens is 258 g/mol. The highest BCUT2D eigenvalue weighted by Gasteiger charge is 2.37. The molecule has 2 rings (SSSR count). The summed E-state index contributed by atoms with van der Waals surface area (Å²) >= 11 is 0. The zero-order chi connectivity index (χ0) is 14.7. The number of hydrogen-bond donors (Lipinski definition) is 2. The number of amides is 2. The highest BCUT2D eigenvalue weighted by molar-refractivity contribution is 5.90. The van der Waals surface area contributed by atoms with Crippen molar-refractivity contribution in [3.8, 4) is 0 Å². The molecule has 0 spiro atoms. The molecule has 2 amide bonds. The second-order valence-electron chi connectivity index (χ2n) is 5.82. The number of hydrogen-bond acceptors (Lipinski definition) is 4. The topological polar surface area (TPSA) is 84.7 Å². The maximum atomic E-state index is 12.5. The Morgan fingerprint density at radius 2 is 2.15 bits per heavy atom. The fourth-order valence-electron chi connectivity index (χ4n) is 2.30. The summed E-state index contributed by atoms with van der Waals surface area (Å²) in [6.07, 6.45) is 2.90. The maximum Gasteiger partial charge on any atom is 0.245 e. The number of carbonyl (C=O) groups excluding carboxylic acids is 2. The van der Waals surface area contributed by atoms with E-state index in [2.05, 4.69) is 5.32 Å². The minimum Gasteiger partial charge on any atom is -0.377 e. The molecule has 3 atom stereocenters. The Bertz CT molecular complexity index is 371. The quantitative estimate of drug-likeness (QED) is 0.736. The van der Waals surface area contributed by atoms with E-state index in [0.717, 1.165) is 19.3 Å². The van der Waals surface area contributed by atoms with E-state index in [-0.39, 0.29) is 30.4 Å². The Balaban J connectivity index is 2.01. The summed E-state index contributed by atoms with van der Waals surface area (Å²) in [4.78, 5) is 26.3. The van der Waals surface area contributed by atoms with E-state index in [1.54, 1.807) is 4.90 Å². The van der Waals surface area contributed by atoms with Gasteiger partial charge in [-0.2, -0.15) is 0 Å². The van der Waals surface area contributed by atoms with Crippen LogP contribution in [0.5, 0.6) is 0 Å². The van der Waals surface area contributed by atoms with E-state index in [1.807, 2.05) is 13.8 Å². The number of nitrogens with one attached hydrogen (secondary N) is 1. The summed E-state index contributed by atoms with van der Waals surface area (Å²) in [5.74, 6) is -0.145. The standard InChI is InChI=1S/C14H25N3O3/c1-3-9(2)12(15)14(19)17-6-7-20-8-11(17)13(18)16-10-4-5-10/h9-12H,3-8,15H2,1-2H3,(H,16,18). The van der Waals surface area contributed by atoms with Gasteiger partial charge in [0.1, 0.15) is 6.04 Å². The first-order valence-corrected chi connectivity index (χ1v) is 7.48. The third-order valence-electron chi connectivity index (χ3n) is 4.18. The molecule has 3 unspecified atom stereocenters. The number of nitrogens with two attached hydrogens (primary N) is 1. The van der Waals surface area contributed by atoms with Crippen LogP contribution >= 0.6 is 0 Å². The van der Waals surface area contributed by atoms with E-state index < -0.39 is 12.1 Å². The van der Waals surface area contributed by atoms with Crippen molar-refractivity contribution in [1.82, 2.24) is 10.2 Å². The lowest BCUT2D eigenvalue weighted by Gasteiger charge is -2.37. The Morgan fingerprint density at radius 1 is 1.45 bits per heavy atom. The van der Waals surface area contributed by atoms with Crippen LogP contribution in [0, 0.1) is 5.92 Å². The zero-order valence-corrected chi connectivity index (χ0v) is 12.3. The molecule has 1 saturated carbocycles. The van der Waals surface area contributed by atoms with Gasteiger partial charge < -0.3 is 20.7 Å². The molecule has 1 aliphatic heterocycles. The molecular formula is C14H25N3O3. The smallest absolute Gasteiger partial charge is 0.245 e. The van der Waals surface area contributed by atoms with E-state index in [9.17, 15) is 9.59 Å². The molecule has 114 valence electrons. The monoisotopic (exact) mass is 283 g/mol. The van der Waals surface area contributed by atoms with Crippen molar-refractivity contribution < 1.29 is 14.3 Å². The van der Waals surface area contributed by atoms with Gasteiger partial charge in [0.05, 0.1) is 19.3 Å². The molecule has 20 heavy (non-hydrogen) atoms. The van der Waals surface area contributed by atoms with Gasteiger partial charge in [-0.25, -0.2) is 0 Å². The molecule has 0 bridgehead atoms. The van der Waals surface area contributed by atoms with Gasteiger partial charge in [-0.3, -0.25) is 9.59 Å². The van der Waals surface area contributed by atoms with Gasteiger partial charge in [0.2, 0.25) is 11.8 Å². The molecule has 1 saturated heterocycles. The van der Waals surface area contributed by atoms with Crippen LogP contribution in [0.3, 0.4) is 0 Å². The molecule has 6 nitrogen and oxygen atoms in total. The van der Waals surface area contributed by atoms with Gasteiger partial charge in [-0.15, -0.1) is 0 Å². The SMILES string of the molecule is CCC(C)C(N)C(=O)N1CCOCC1C(=O)NC1CC1. The van der Waals surface area contributed by atoms with E-state index in [4.69, 9.17) is 10.5 Å². The predicted molar refractivity (Wildman–Crippen MR) is 74.9 cm³/mol. The molecule has 1 heterocycles. The first kappa shape index (κ1) is 15.3. The predicted octanol–water partition coefficient (Wildman–Crippen LogP) is -0.134. The second kappa shape index (κ2) is 6.54. The van der Waals surface area contributed by atoms with Crippen molar-refractivity contribution in [3.05, 3.63) is 0 Å². The van der Waals surface area contributed by atoms with Crippen molar-refractivity contribution in [2.24, 2.45) is 11.7 Å². The molecule has 0 aromatic rings. The largest absolute Gasteiger partial charge is 0.377 e. The van der Waals surface area contributed by atoms with Crippen molar-refractivity contribution in [1.29, 1.82) is 0 Å². The molecule has 1 aliphatic carbocycles. The Labute approximate surface area is 120 Å². The fourth-order valence-corrected chi connectivity index (χ4v) is 2.30. The molecule has 2 fully saturated rings. The summed E-state index contributed by atoms with van der Waals surface area (Å²) in [5, 5.41) is 2.94. The normalized spacial score (nSPS) is 25.9. The second-order valence-corrected chi connectivity index (χ2v) is 5.82. The Kier molecular flexibility index (Phi) is 4.99.